The zero-order chi connectivity index (χ0) is 17.2. The maximum absolute atomic E-state index is 12.2. The molecule has 1 unspecified atom stereocenters. The van der Waals surface area contributed by atoms with Gasteiger partial charge in [0.1, 0.15) is 6.61 Å². The molecule has 0 saturated heterocycles. The maximum atomic E-state index is 12.2. The minimum atomic E-state index is -0.697. The fraction of sp³-hybridized carbons (Fsp3) is 0.389. The van der Waals surface area contributed by atoms with Crippen molar-refractivity contribution in [1.82, 2.24) is 15.1 Å². The van der Waals surface area contributed by atoms with E-state index in [1.807, 2.05) is 12.1 Å². The summed E-state index contributed by atoms with van der Waals surface area (Å²) in [7, 11) is 0. The lowest BCUT2D eigenvalue weighted by Crippen LogP contribution is -2.45. The Hall–Kier alpha value is -2.83. The van der Waals surface area contributed by atoms with Crippen molar-refractivity contribution in [3.05, 3.63) is 52.4 Å². The van der Waals surface area contributed by atoms with E-state index in [0.29, 0.717) is 30.5 Å². The normalized spacial score (nSPS) is 18.6. The first-order valence-corrected chi connectivity index (χ1v) is 8.45. The molecule has 1 aromatic heterocycles. The number of para-hydroxylation sites is 2. The van der Waals surface area contributed by atoms with Gasteiger partial charge in [0, 0.05) is 18.5 Å². The molecule has 1 N–H and O–H groups in total. The number of carbonyl (C=O) groups is 1. The molecule has 1 aliphatic carbocycles. The molecule has 1 aliphatic heterocycles. The molecule has 7 heteroatoms. The van der Waals surface area contributed by atoms with Crippen LogP contribution in [0.15, 0.2) is 41.2 Å². The van der Waals surface area contributed by atoms with Crippen LogP contribution in [0.4, 0.5) is 0 Å². The lowest BCUT2D eigenvalue weighted by atomic mass is 10.2. The number of nitrogens with one attached hydrogen (secondary N) is 1. The van der Waals surface area contributed by atoms with Gasteiger partial charge in [-0.2, -0.15) is 5.10 Å². The van der Waals surface area contributed by atoms with E-state index in [4.69, 9.17) is 9.47 Å². The number of hydrogen-bond donors (Lipinski definition) is 1. The molecule has 1 saturated carbocycles. The number of aromatic nitrogens is 2. The van der Waals surface area contributed by atoms with E-state index in [2.05, 4.69) is 10.4 Å². The van der Waals surface area contributed by atoms with Gasteiger partial charge in [-0.3, -0.25) is 9.59 Å². The smallest absolute Gasteiger partial charge is 0.266 e. The molecule has 1 fully saturated rings. The number of benzene rings is 1. The van der Waals surface area contributed by atoms with Gasteiger partial charge < -0.3 is 14.8 Å². The topological polar surface area (TPSA) is 82.5 Å². The number of hydrogen-bond acceptors (Lipinski definition) is 5. The molecule has 1 amide bonds. The van der Waals surface area contributed by atoms with Crippen molar-refractivity contribution in [2.24, 2.45) is 0 Å². The molecule has 1 atom stereocenters. The summed E-state index contributed by atoms with van der Waals surface area (Å²) in [5.74, 6) is 1.42. The number of carbonyl (C=O) groups excluding carboxylic acids is 1. The van der Waals surface area contributed by atoms with Crippen LogP contribution in [0.25, 0.3) is 0 Å². The SMILES string of the molecule is O=C(NCCn1nc(C2CC2)ccc1=O)C1COc2ccccc2O1. The molecule has 0 spiro atoms. The summed E-state index contributed by atoms with van der Waals surface area (Å²) in [6, 6.07) is 10.6. The Morgan fingerprint density at radius 1 is 1.20 bits per heavy atom. The van der Waals surface area contributed by atoms with E-state index in [9.17, 15) is 9.59 Å². The number of amides is 1. The van der Waals surface area contributed by atoms with Crippen LogP contribution in [0, 0.1) is 0 Å². The molecule has 25 heavy (non-hydrogen) atoms. The van der Waals surface area contributed by atoms with Crippen LogP contribution in [-0.4, -0.2) is 34.9 Å². The van der Waals surface area contributed by atoms with Gasteiger partial charge >= 0.3 is 0 Å². The first-order chi connectivity index (χ1) is 12.2. The van der Waals surface area contributed by atoms with Crippen LogP contribution in [0.5, 0.6) is 11.5 Å². The Morgan fingerprint density at radius 2 is 2.00 bits per heavy atom. The predicted molar refractivity (Wildman–Crippen MR) is 89.8 cm³/mol. The van der Waals surface area contributed by atoms with Crippen LogP contribution in [-0.2, 0) is 11.3 Å². The molecule has 2 aromatic rings. The quantitative estimate of drug-likeness (QED) is 0.880. The fourth-order valence-corrected chi connectivity index (χ4v) is 2.77. The van der Waals surface area contributed by atoms with Gasteiger partial charge in [-0.1, -0.05) is 12.1 Å². The molecule has 7 nitrogen and oxygen atoms in total. The molecule has 2 heterocycles. The summed E-state index contributed by atoms with van der Waals surface area (Å²) in [5.41, 5.74) is 0.788. The van der Waals surface area contributed by atoms with Crippen LogP contribution >= 0.6 is 0 Å². The van der Waals surface area contributed by atoms with Gasteiger partial charge in [0.15, 0.2) is 11.5 Å². The molecule has 2 aliphatic rings. The summed E-state index contributed by atoms with van der Waals surface area (Å²) < 4.78 is 12.6. The van der Waals surface area contributed by atoms with Crippen molar-refractivity contribution in [3.63, 3.8) is 0 Å². The van der Waals surface area contributed by atoms with Gasteiger partial charge in [0.2, 0.25) is 6.10 Å². The van der Waals surface area contributed by atoms with Crippen molar-refractivity contribution >= 4 is 5.91 Å². The third-order valence-corrected chi connectivity index (χ3v) is 4.31. The fourth-order valence-electron chi connectivity index (χ4n) is 2.77. The van der Waals surface area contributed by atoms with Gasteiger partial charge in [-0.25, -0.2) is 4.68 Å². The Bertz CT molecular complexity index is 844. The third-order valence-electron chi connectivity index (χ3n) is 4.31. The van der Waals surface area contributed by atoms with Crippen LogP contribution < -0.4 is 20.3 Å². The summed E-state index contributed by atoms with van der Waals surface area (Å²) in [5, 5.41) is 7.15. The van der Waals surface area contributed by atoms with Crippen molar-refractivity contribution in [2.75, 3.05) is 13.2 Å². The highest BCUT2D eigenvalue weighted by molar-refractivity contribution is 5.81. The lowest BCUT2D eigenvalue weighted by molar-refractivity contribution is -0.130. The van der Waals surface area contributed by atoms with E-state index < -0.39 is 6.10 Å². The van der Waals surface area contributed by atoms with E-state index in [1.165, 1.54) is 10.7 Å². The third kappa shape index (κ3) is 3.50. The van der Waals surface area contributed by atoms with Crippen molar-refractivity contribution in [3.8, 4) is 11.5 Å². The van der Waals surface area contributed by atoms with Gasteiger partial charge in [-0.05, 0) is 31.0 Å². The summed E-state index contributed by atoms with van der Waals surface area (Å²) >= 11 is 0. The highest BCUT2D eigenvalue weighted by Gasteiger charge is 2.27. The minimum Gasteiger partial charge on any atom is -0.485 e. The first kappa shape index (κ1) is 15.7. The molecular formula is C18H19N3O4. The number of ether oxygens (including phenoxy) is 2. The van der Waals surface area contributed by atoms with E-state index in [-0.39, 0.29) is 18.1 Å². The number of fused-ring (bicyclic) bond motifs is 1. The second kappa shape index (κ2) is 6.58. The lowest BCUT2D eigenvalue weighted by Gasteiger charge is -2.25. The highest BCUT2D eigenvalue weighted by Crippen LogP contribution is 2.38. The summed E-state index contributed by atoms with van der Waals surface area (Å²) in [6.07, 6.45) is 1.56. The zero-order valence-corrected chi connectivity index (χ0v) is 13.7. The number of rotatable bonds is 5. The van der Waals surface area contributed by atoms with Gasteiger partial charge in [0.25, 0.3) is 11.5 Å². The Labute approximate surface area is 144 Å². The molecule has 1 aromatic carbocycles. The average molecular weight is 341 g/mol. The van der Waals surface area contributed by atoms with Gasteiger partial charge in [-0.15, -0.1) is 0 Å². The van der Waals surface area contributed by atoms with E-state index in [1.54, 1.807) is 18.2 Å². The Kier molecular flexibility index (Phi) is 4.13. The standard InChI is InChI=1S/C18H19N3O4/c22-17-8-7-13(12-5-6-12)20-21(17)10-9-19-18(23)16-11-24-14-3-1-2-4-15(14)25-16/h1-4,7-8,12,16H,5-6,9-11H2,(H,19,23). The second-order valence-corrected chi connectivity index (χ2v) is 6.25. The van der Waals surface area contributed by atoms with Crippen molar-refractivity contribution in [2.45, 2.75) is 31.4 Å². The van der Waals surface area contributed by atoms with Gasteiger partial charge in [0.05, 0.1) is 12.2 Å². The molecule has 0 bridgehead atoms. The van der Waals surface area contributed by atoms with E-state index in [0.717, 1.165) is 18.5 Å². The highest BCUT2D eigenvalue weighted by atomic mass is 16.6. The maximum Gasteiger partial charge on any atom is 0.266 e. The number of nitrogens with zero attached hydrogens (tertiary/aromatic N) is 2. The second-order valence-electron chi connectivity index (χ2n) is 6.25. The zero-order valence-electron chi connectivity index (χ0n) is 13.7. The summed E-state index contributed by atoms with van der Waals surface area (Å²) in [4.78, 5) is 24.1. The predicted octanol–water partition coefficient (Wildman–Crippen LogP) is 1.08. The first-order valence-electron chi connectivity index (χ1n) is 8.45. The van der Waals surface area contributed by atoms with Crippen molar-refractivity contribution in [1.29, 1.82) is 0 Å². The Balaban J connectivity index is 1.32. The Morgan fingerprint density at radius 3 is 2.80 bits per heavy atom. The average Bonchev–Trinajstić information content (AvgIpc) is 3.48. The van der Waals surface area contributed by atoms with Crippen LogP contribution in [0.3, 0.4) is 0 Å². The molecule has 4 rings (SSSR count). The molecule has 0 radical (unpaired) electrons. The molecular weight excluding hydrogens is 322 g/mol. The van der Waals surface area contributed by atoms with Crippen molar-refractivity contribution < 1.29 is 14.3 Å². The summed E-state index contributed by atoms with van der Waals surface area (Å²) in [6.45, 7) is 0.800. The minimum absolute atomic E-state index is 0.162. The molecule has 130 valence electrons. The van der Waals surface area contributed by atoms with Crippen LogP contribution in [0.1, 0.15) is 24.5 Å². The largest absolute Gasteiger partial charge is 0.485 e. The monoisotopic (exact) mass is 341 g/mol. The van der Waals surface area contributed by atoms with Crippen LogP contribution in [0.2, 0.25) is 0 Å². The van der Waals surface area contributed by atoms with E-state index >= 15 is 0 Å².